The van der Waals surface area contributed by atoms with E-state index in [1.54, 1.807) is 0 Å². The average Bonchev–Trinajstić information content (AvgIpc) is 3.47. The van der Waals surface area contributed by atoms with Gasteiger partial charge in [0.2, 0.25) is 5.91 Å². The van der Waals surface area contributed by atoms with E-state index < -0.39 is 0 Å². The van der Waals surface area contributed by atoms with Gasteiger partial charge in [0, 0.05) is 39.0 Å². The molecule has 170 valence electrons. The molecule has 0 bridgehead atoms. The topological polar surface area (TPSA) is 96.5 Å². The summed E-state index contributed by atoms with van der Waals surface area (Å²) < 4.78 is 5.93. The summed E-state index contributed by atoms with van der Waals surface area (Å²) in [6.45, 7) is 8.45. The first kappa shape index (κ1) is 21.5. The number of ether oxygens (including phenoxy) is 1. The van der Waals surface area contributed by atoms with Crippen molar-refractivity contribution in [3.05, 3.63) is 28.6 Å². The van der Waals surface area contributed by atoms with Gasteiger partial charge in [-0.2, -0.15) is 0 Å². The number of fused-ring (bicyclic) bond motifs is 1. The predicted octanol–water partition coefficient (Wildman–Crippen LogP) is 2.76. The second-order valence-corrected chi connectivity index (χ2v) is 10.0. The molecule has 9 heteroatoms. The van der Waals surface area contributed by atoms with Crippen molar-refractivity contribution in [2.24, 2.45) is 5.92 Å². The highest BCUT2D eigenvalue weighted by Crippen LogP contribution is 2.40. The van der Waals surface area contributed by atoms with Gasteiger partial charge in [-0.1, -0.05) is 11.3 Å². The number of pyridine rings is 1. The highest BCUT2D eigenvalue weighted by atomic mass is 32.1. The molecule has 2 unspecified atom stereocenters. The van der Waals surface area contributed by atoms with Crippen molar-refractivity contribution in [3.8, 4) is 10.6 Å². The first-order valence-corrected chi connectivity index (χ1v) is 12.1. The van der Waals surface area contributed by atoms with E-state index in [0.717, 1.165) is 46.2 Å². The van der Waals surface area contributed by atoms with Gasteiger partial charge >= 0.3 is 0 Å². The quantitative estimate of drug-likeness (QED) is 0.695. The Morgan fingerprint density at radius 1 is 1.41 bits per heavy atom. The number of aryl methyl sites for hydroxylation is 1. The molecule has 0 radical (unpaired) electrons. The lowest BCUT2D eigenvalue weighted by atomic mass is 10.0. The van der Waals surface area contributed by atoms with Crippen LogP contribution in [0.2, 0.25) is 0 Å². The Balaban J connectivity index is 1.53. The molecule has 5 rings (SSSR count). The van der Waals surface area contributed by atoms with Crippen LogP contribution in [0.1, 0.15) is 54.0 Å². The summed E-state index contributed by atoms with van der Waals surface area (Å²) in [6.07, 6.45) is 2.99. The molecule has 4 heterocycles. The van der Waals surface area contributed by atoms with Gasteiger partial charge in [-0.05, 0) is 44.2 Å². The summed E-state index contributed by atoms with van der Waals surface area (Å²) >= 11 is 1.42. The molecule has 2 N–H and O–H groups in total. The maximum atomic E-state index is 13.4. The van der Waals surface area contributed by atoms with Gasteiger partial charge in [0.1, 0.15) is 0 Å². The SMILES string of the molecule is CC(=O)Nc1nc(C)c(-c2cc3c(c(CC4CNCCO4)n2)C(=O)N(C(C)C2CC2)C3)s1. The molecular formula is C23H29N5O3S. The van der Waals surface area contributed by atoms with Gasteiger partial charge in [-0.25, -0.2) is 4.98 Å². The highest BCUT2D eigenvalue weighted by Gasteiger charge is 2.40. The molecule has 2 amide bonds. The highest BCUT2D eigenvalue weighted by molar-refractivity contribution is 7.19. The lowest BCUT2D eigenvalue weighted by Gasteiger charge is -2.25. The number of nitrogens with one attached hydrogen (secondary N) is 2. The van der Waals surface area contributed by atoms with Crippen molar-refractivity contribution in [1.82, 2.24) is 20.2 Å². The third kappa shape index (κ3) is 4.16. The molecule has 2 aromatic rings. The largest absolute Gasteiger partial charge is 0.375 e. The molecule has 2 aromatic heterocycles. The molecule has 1 saturated heterocycles. The van der Waals surface area contributed by atoms with Crippen LogP contribution in [-0.2, 0) is 22.5 Å². The molecule has 2 atom stereocenters. The minimum atomic E-state index is -0.148. The van der Waals surface area contributed by atoms with E-state index in [-0.39, 0.29) is 24.0 Å². The zero-order chi connectivity index (χ0) is 22.4. The van der Waals surface area contributed by atoms with Crippen molar-refractivity contribution >= 4 is 28.3 Å². The Kier molecular flexibility index (Phi) is 5.73. The smallest absolute Gasteiger partial charge is 0.256 e. The lowest BCUT2D eigenvalue weighted by molar-refractivity contribution is -0.114. The number of hydrogen-bond acceptors (Lipinski definition) is 7. The van der Waals surface area contributed by atoms with E-state index >= 15 is 0 Å². The molecule has 8 nitrogen and oxygen atoms in total. The van der Waals surface area contributed by atoms with E-state index in [9.17, 15) is 9.59 Å². The Labute approximate surface area is 191 Å². The number of nitrogens with zero attached hydrogens (tertiary/aromatic N) is 3. The fourth-order valence-corrected chi connectivity index (χ4v) is 5.64. The number of hydrogen-bond donors (Lipinski definition) is 2. The van der Waals surface area contributed by atoms with Crippen LogP contribution in [0.3, 0.4) is 0 Å². The maximum absolute atomic E-state index is 13.4. The van der Waals surface area contributed by atoms with Crippen LogP contribution in [0.25, 0.3) is 10.6 Å². The predicted molar refractivity (Wildman–Crippen MR) is 123 cm³/mol. The number of aromatic nitrogens is 2. The number of carbonyl (C=O) groups excluding carboxylic acids is 2. The second kappa shape index (κ2) is 8.53. The average molecular weight is 456 g/mol. The molecule has 3 aliphatic rings. The van der Waals surface area contributed by atoms with Crippen LogP contribution in [0, 0.1) is 12.8 Å². The fourth-order valence-electron chi connectivity index (χ4n) is 4.67. The van der Waals surface area contributed by atoms with Crippen molar-refractivity contribution in [3.63, 3.8) is 0 Å². The van der Waals surface area contributed by atoms with Crippen LogP contribution < -0.4 is 10.6 Å². The maximum Gasteiger partial charge on any atom is 0.256 e. The summed E-state index contributed by atoms with van der Waals surface area (Å²) in [5, 5.41) is 6.70. The summed E-state index contributed by atoms with van der Waals surface area (Å²) in [6, 6.07) is 2.28. The van der Waals surface area contributed by atoms with E-state index in [1.165, 1.54) is 31.1 Å². The number of amides is 2. The summed E-state index contributed by atoms with van der Waals surface area (Å²) in [5.41, 5.74) is 4.21. The third-order valence-electron chi connectivity index (χ3n) is 6.52. The Morgan fingerprint density at radius 2 is 2.22 bits per heavy atom. The molecule has 0 aromatic carbocycles. The first-order valence-electron chi connectivity index (χ1n) is 11.3. The number of anilines is 1. The molecular weight excluding hydrogens is 426 g/mol. The second-order valence-electron chi connectivity index (χ2n) is 9.02. The van der Waals surface area contributed by atoms with Crippen LogP contribution in [0.5, 0.6) is 0 Å². The van der Waals surface area contributed by atoms with E-state index in [1.807, 2.05) is 17.9 Å². The first-order chi connectivity index (χ1) is 15.4. The van der Waals surface area contributed by atoms with Gasteiger partial charge in [-0.15, -0.1) is 0 Å². The van der Waals surface area contributed by atoms with Crippen molar-refractivity contribution < 1.29 is 14.3 Å². The Morgan fingerprint density at radius 3 is 2.91 bits per heavy atom. The number of thiazole rings is 1. The van der Waals surface area contributed by atoms with Gasteiger partial charge in [0.05, 0.1) is 40.2 Å². The standard InChI is InChI=1S/C23H29N5O3S/c1-12-21(32-23(25-12)26-14(3)29)19-8-16-11-28(13(2)15-4-5-15)22(30)20(16)18(27-19)9-17-10-24-6-7-31-17/h8,13,15,17,24H,4-7,9-11H2,1-3H3,(H,25,26,29). The zero-order valence-electron chi connectivity index (χ0n) is 18.7. The summed E-state index contributed by atoms with van der Waals surface area (Å²) in [7, 11) is 0. The Hall–Kier alpha value is -2.36. The van der Waals surface area contributed by atoms with E-state index in [4.69, 9.17) is 9.72 Å². The van der Waals surface area contributed by atoms with E-state index in [0.29, 0.717) is 30.6 Å². The monoisotopic (exact) mass is 455 g/mol. The van der Waals surface area contributed by atoms with Crippen LogP contribution in [-0.4, -0.2) is 58.5 Å². The van der Waals surface area contributed by atoms with E-state index in [2.05, 4.69) is 22.5 Å². The fraction of sp³-hybridized carbons (Fsp3) is 0.565. The third-order valence-corrected chi connectivity index (χ3v) is 7.62. The van der Waals surface area contributed by atoms with Gasteiger partial charge in [-0.3, -0.25) is 14.6 Å². The van der Waals surface area contributed by atoms with Crippen molar-refractivity contribution in [1.29, 1.82) is 0 Å². The van der Waals surface area contributed by atoms with Crippen molar-refractivity contribution in [2.45, 2.75) is 58.7 Å². The number of carbonyl (C=O) groups is 2. The van der Waals surface area contributed by atoms with Crippen molar-refractivity contribution in [2.75, 3.05) is 25.0 Å². The Bertz CT molecular complexity index is 1060. The summed E-state index contributed by atoms with van der Waals surface area (Å²) in [4.78, 5) is 37.3. The molecule has 1 saturated carbocycles. The van der Waals surface area contributed by atoms with Gasteiger partial charge in [0.25, 0.3) is 5.91 Å². The molecule has 2 aliphatic heterocycles. The molecule has 0 spiro atoms. The molecule has 32 heavy (non-hydrogen) atoms. The summed E-state index contributed by atoms with van der Waals surface area (Å²) in [5.74, 6) is 0.557. The number of morpholine rings is 1. The minimum Gasteiger partial charge on any atom is -0.375 e. The van der Waals surface area contributed by atoms with Crippen LogP contribution >= 0.6 is 11.3 Å². The zero-order valence-corrected chi connectivity index (χ0v) is 19.6. The van der Waals surface area contributed by atoms with Gasteiger partial charge in [0.15, 0.2) is 5.13 Å². The van der Waals surface area contributed by atoms with Crippen LogP contribution in [0.4, 0.5) is 5.13 Å². The minimum absolute atomic E-state index is 0.00389. The number of rotatable bonds is 6. The van der Waals surface area contributed by atoms with Crippen LogP contribution in [0.15, 0.2) is 6.07 Å². The lowest BCUT2D eigenvalue weighted by Crippen LogP contribution is -2.40. The molecule has 2 fully saturated rings. The normalized spacial score (nSPS) is 21.5. The van der Waals surface area contributed by atoms with Gasteiger partial charge < -0.3 is 20.3 Å². The molecule has 1 aliphatic carbocycles.